The number of rotatable bonds is 4. The van der Waals surface area contributed by atoms with Crippen LogP contribution in [0, 0.1) is 15.9 Å². The Bertz CT molecular complexity index is 735. The first kappa shape index (κ1) is 14.6. The number of benzene rings is 1. The summed E-state index contributed by atoms with van der Waals surface area (Å²) in [4.78, 5) is 26.5. The minimum absolute atomic E-state index is 0.0554. The molecule has 8 heteroatoms. The third-order valence-electron chi connectivity index (χ3n) is 3.29. The minimum atomic E-state index is -1.14. The molecule has 0 aliphatic rings. The summed E-state index contributed by atoms with van der Waals surface area (Å²) in [6.45, 7) is 1.39. The second-order valence-corrected chi connectivity index (χ2v) is 4.51. The standard InChI is InChI=1S/C13H12FN3O4/c1-7(13(18)19)16(2)12-9(14)6-10(17(20)21)8-4-3-5-15-11(8)12/h3-7H,1-2H3,(H,18,19). The maximum atomic E-state index is 14.2. The van der Waals surface area contributed by atoms with Gasteiger partial charge in [0.15, 0.2) is 5.82 Å². The van der Waals surface area contributed by atoms with Crippen LogP contribution in [0.25, 0.3) is 10.9 Å². The molecule has 0 saturated heterocycles. The molecule has 2 aromatic rings. The number of carbonyl (C=O) groups is 1. The van der Waals surface area contributed by atoms with Crippen molar-refractivity contribution in [2.24, 2.45) is 0 Å². The second-order valence-electron chi connectivity index (χ2n) is 4.51. The summed E-state index contributed by atoms with van der Waals surface area (Å²) in [6, 6.07) is 2.72. The van der Waals surface area contributed by atoms with Crippen LogP contribution in [0.3, 0.4) is 0 Å². The van der Waals surface area contributed by atoms with E-state index in [0.29, 0.717) is 0 Å². The van der Waals surface area contributed by atoms with E-state index in [1.165, 1.54) is 37.2 Å². The van der Waals surface area contributed by atoms with E-state index in [2.05, 4.69) is 4.98 Å². The van der Waals surface area contributed by atoms with Crippen LogP contribution in [0.4, 0.5) is 15.8 Å². The largest absolute Gasteiger partial charge is 0.480 e. The van der Waals surface area contributed by atoms with E-state index in [1.807, 2.05) is 0 Å². The molecule has 0 aliphatic heterocycles. The summed E-state index contributed by atoms with van der Waals surface area (Å²) in [5.41, 5.74) is -0.429. The van der Waals surface area contributed by atoms with Crippen molar-refractivity contribution in [2.45, 2.75) is 13.0 Å². The van der Waals surface area contributed by atoms with Gasteiger partial charge in [0.2, 0.25) is 0 Å². The first-order valence-corrected chi connectivity index (χ1v) is 6.02. The summed E-state index contributed by atoms with van der Waals surface area (Å²) in [6.07, 6.45) is 1.37. The quantitative estimate of drug-likeness (QED) is 0.685. The highest BCUT2D eigenvalue weighted by atomic mass is 19.1. The number of halogens is 1. The Balaban J connectivity index is 2.76. The Hall–Kier alpha value is -2.77. The monoisotopic (exact) mass is 293 g/mol. The summed E-state index contributed by atoms with van der Waals surface area (Å²) in [5.74, 6) is -2.03. The van der Waals surface area contributed by atoms with Gasteiger partial charge in [0, 0.05) is 13.2 Å². The number of pyridine rings is 1. The number of fused-ring (bicyclic) bond motifs is 1. The summed E-state index contributed by atoms with van der Waals surface area (Å²) in [5, 5.41) is 20.2. The molecule has 1 heterocycles. The Morgan fingerprint density at radius 3 is 2.81 bits per heavy atom. The van der Waals surface area contributed by atoms with Crippen LogP contribution in [0.1, 0.15) is 6.92 Å². The van der Waals surface area contributed by atoms with Crippen molar-refractivity contribution in [1.29, 1.82) is 0 Å². The van der Waals surface area contributed by atoms with Crippen LogP contribution < -0.4 is 4.90 Å². The van der Waals surface area contributed by atoms with Crippen LogP contribution in [-0.4, -0.2) is 34.1 Å². The van der Waals surface area contributed by atoms with E-state index < -0.39 is 28.4 Å². The van der Waals surface area contributed by atoms with Gasteiger partial charge in [-0.15, -0.1) is 0 Å². The average Bonchev–Trinajstić information content (AvgIpc) is 2.44. The van der Waals surface area contributed by atoms with E-state index in [0.717, 1.165) is 6.07 Å². The lowest BCUT2D eigenvalue weighted by Crippen LogP contribution is -2.36. The molecule has 21 heavy (non-hydrogen) atoms. The van der Waals surface area contributed by atoms with Crippen molar-refractivity contribution >= 4 is 28.2 Å². The number of hydrogen-bond donors (Lipinski definition) is 1. The van der Waals surface area contributed by atoms with Crippen LogP contribution >= 0.6 is 0 Å². The molecule has 1 atom stereocenters. The van der Waals surface area contributed by atoms with Gasteiger partial charge in [0.1, 0.15) is 17.2 Å². The SMILES string of the molecule is CC(C(=O)O)N(C)c1c(F)cc([N+](=O)[O-])c2cccnc12. The van der Waals surface area contributed by atoms with Crippen molar-refractivity contribution in [1.82, 2.24) is 4.98 Å². The molecule has 7 nitrogen and oxygen atoms in total. The van der Waals surface area contributed by atoms with Gasteiger partial charge >= 0.3 is 5.97 Å². The van der Waals surface area contributed by atoms with Gasteiger partial charge in [0.05, 0.1) is 16.4 Å². The van der Waals surface area contributed by atoms with E-state index >= 15 is 0 Å². The molecule has 1 N–H and O–H groups in total. The normalized spacial score (nSPS) is 12.1. The van der Waals surface area contributed by atoms with Crippen molar-refractivity contribution in [3.8, 4) is 0 Å². The highest BCUT2D eigenvalue weighted by Crippen LogP contribution is 2.35. The number of anilines is 1. The maximum absolute atomic E-state index is 14.2. The van der Waals surface area contributed by atoms with Crippen LogP contribution in [-0.2, 0) is 4.79 Å². The third kappa shape index (κ3) is 2.47. The molecule has 1 aromatic carbocycles. The van der Waals surface area contributed by atoms with E-state index in [1.54, 1.807) is 0 Å². The molecule has 0 amide bonds. The van der Waals surface area contributed by atoms with Crippen molar-refractivity contribution in [3.05, 3.63) is 40.3 Å². The number of carboxylic acids is 1. The summed E-state index contributed by atoms with van der Waals surface area (Å²) < 4.78 is 14.2. The van der Waals surface area contributed by atoms with Crippen molar-refractivity contribution < 1.29 is 19.2 Å². The average molecular weight is 293 g/mol. The van der Waals surface area contributed by atoms with Gasteiger partial charge in [-0.1, -0.05) is 0 Å². The number of carboxylic acid groups (broad SMARTS) is 1. The number of non-ortho nitro benzene ring substituents is 1. The summed E-state index contributed by atoms with van der Waals surface area (Å²) >= 11 is 0. The molecular weight excluding hydrogens is 281 g/mol. The highest BCUT2D eigenvalue weighted by molar-refractivity contribution is 5.98. The fraction of sp³-hybridized carbons (Fsp3) is 0.231. The number of aliphatic carboxylic acids is 1. The van der Waals surface area contributed by atoms with E-state index in [-0.39, 0.29) is 16.6 Å². The number of nitro groups is 1. The van der Waals surface area contributed by atoms with Gasteiger partial charge in [-0.2, -0.15) is 0 Å². The number of nitro benzene ring substituents is 1. The van der Waals surface area contributed by atoms with Crippen LogP contribution in [0.2, 0.25) is 0 Å². The highest BCUT2D eigenvalue weighted by Gasteiger charge is 2.26. The van der Waals surface area contributed by atoms with Gasteiger partial charge in [0.25, 0.3) is 5.69 Å². The summed E-state index contributed by atoms with van der Waals surface area (Å²) in [7, 11) is 1.40. The van der Waals surface area contributed by atoms with E-state index in [4.69, 9.17) is 5.11 Å². The van der Waals surface area contributed by atoms with Gasteiger partial charge in [-0.25, -0.2) is 9.18 Å². The number of likely N-dealkylation sites (N-methyl/N-ethyl adjacent to an activating group) is 1. The molecule has 1 aromatic heterocycles. The maximum Gasteiger partial charge on any atom is 0.326 e. The van der Waals surface area contributed by atoms with E-state index in [9.17, 15) is 19.3 Å². The Morgan fingerprint density at radius 1 is 1.57 bits per heavy atom. The van der Waals surface area contributed by atoms with Gasteiger partial charge in [-0.3, -0.25) is 15.1 Å². The first-order chi connectivity index (χ1) is 9.84. The van der Waals surface area contributed by atoms with Crippen molar-refractivity contribution in [3.63, 3.8) is 0 Å². The molecule has 1 unspecified atom stereocenters. The molecule has 0 spiro atoms. The Morgan fingerprint density at radius 2 is 2.24 bits per heavy atom. The number of nitrogens with zero attached hydrogens (tertiary/aromatic N) is 3. The fourth-order valence-corrected chi connectivity index (χ4v) is 2.03. The Kier molecular flexibility index (Phi) is 3.70. The predicted octanol–water partition coefficient (Wildman–Crippen LogP) is 2.19. The zero-order chi connectivity index (χ0) is 15.7. The smallest absolute Gasteiger partial charge is 0.326 e. The molecular formula is C13H12FN3O4. The van der Waals surface area contributed by atoms with Crippen LogP contribution in [0.5, 0.6) is 0 Å². The Labute approximate surface area is 118 Å². The zero-order valence-corrected chi connectivity index (χ0v) is 11.3. The predicted molar refractivity (Wildman–Crippen MR) is 73.9 cm³/mol. The second kappa shape index (κ2) is 5.31. The lowest BCUT2D eigenvalue weighted by molar-refractivity contribution is -0.383. The number of aromatic nitrogens is 1. The first-order valence-electron chi connectivity index (χ1n) is 6.02. The molecule has 0 aliphatic carbocycles. The minimum Gasteiger partial charge on any atom is -0.480 e. The third-order valence-corrected chi connectivity index (χ3v) is 3.29. The molecule has 0 radical (unpaired) electrons. The molecule has 0 fully saturated rings. The van der Waals surface area contributed by atoms with Gasteiger partial charge < -0.3 is 10.0 Å². The fourth-order valence-electron chi connectivity index (χ4n) is 2.03. The zero-order valence-electron chi connectivity index (χ0n) is 11.3. The molecule has 110 valence electrons. The van der Waals surface area contributed by atoms with Crippen molar-refractivity contribution in [2.75, 3.05) is 11.9 Å². The van der Waals surface area contributed by atoms with Crippen LogP contribution in [0.15, 0.2) is 24.4 Å². The number of hydrogen-bond acceptors (Lipinski definition) is 5. The lowest BCUT2D eigenvalue weighted by atomic mass is 10.1. The molecule has 0 bridgehead atoms. The molecule has 0 saturated carbocycles. The topological polar surface area (TPSA) is 96.6 Å². The lowest BCUT2D eigenvalue weighted by Gasteiger charge is -2.25. The molecule has 2 rings (SSSR count). The van der Waals surface area contributed by atoms with Gasteiger partial charge in [-0.05, 0) is 19.1 Å².